The van der Waals surface area contributed by atoms with Crippen LogP contribution in [0.25, 0.3) is 5.57 Å². The number of thiophene rings is 1. The average molecular weight is 253 g/mol. The number of nitrogen functional groups attached to an aromatic ring is 2. The Morgan fingerprint density at radius 3 is 2.35 bits per heavy atom. The molecule has 0 radical (unpaired) electrons. The standard InChI is InChI=1S/C11H15N3O2S/c12-6-4-2-1-3-5(6)7-8(13)9(11(15)16)17-10(7)14/h1-4,12-14H2,(H,15,16). The van der Waals surface area contributed by atoms with Gasteiger partial charge in [-0.15, -0.1) is 11.3 Å². The van der Waals surface area contributed by atoms with E-state index >= 15 is 0 Å². The van der Waals surface area contributed by atoms with Crippen LogP contribution in [0.2, 0.25) is 0 Å². The second kappa shape index (κ2) is 4.29. The largest absolute Gasteiger partial charge is 0.477 e. The predicted molar refractivity (Wildman–Crippen MR) is 69.7 cm³/mol. The van der Waals surface area contributed by atoms with Gasteiger partial charge in [0.15, 0.2) is 0 Å². The second-order valence-electron chi connectivity index (χ2n) is 4.10. The lowest BCUT2D eigenvalue weighted by molar-refractivity contribution is 0.0703. The van der Waals surface area contributed by atoms with Crippen molar-refractivity contribution in [2.45, 2.75) is 25.7 Å². The molecule has 0 saturated carbocycles. The van der Waals surface area contributed by atoms with Crippen LogP contribution >= 0.6 is 11.3 Å². The zero-order chi connectivity index (χ0) is 12.6. The van der Waals surface area contributed by atoms with Crippen molar-refractivity contribution >= 4 is 33.6 Å². The fraction of sp³-hybridized carbons (Fsp3) is 0.364. The van der Waals surface area contributed by atoms with Crippen LogP contribution in [-0.2, 0) is 0 Å². The van der Waals surface area contributed by atoms with Gasteiger partial charge in [0.1, 0.15) is 4.88 Å². The highest BCUT2D eigenvalue weighted by Gasteiger charge is 2.24. The smallest absolute Gasteiger partial charge is 0.348 e. The molecule has 7 N–H and O–H groups in total. The summed E-state index contributed by atoms with van der Waals surface area (Å²) in [5.74, 6) is -1.04. The van der Waals surface area contributed by atoms with Crippen molar-refractivity contribution in [3.8, 4) is 0 Å². The van der Waals surface area contributed by atoms with Crippen LogP contribution in [0.4, 0.5) is 10.7 Å². The first-order chi connectivity index (χ1) is 8.02. The Kier molecular flexibility index (Phi) is 2.97. The van der Waals surface area contributed by atoms with Crippen molar-refractivity contribution in [2.24, 2.45) is 5.73 Å². The summed E-state index contributed by atoms with van der Waals surface area (Å²) in [4.78, 5) is 11.1. The van der Waals surface area contributed by atoms with E-state index in [1.54, 1.807) is 0 Å². The fourth-order valence-electron chi connectivity index (χ4n) is 2.15. The summed E-state index contributed by atoms with van der Waals surface area (Å²) in [5, 5.41) is 9.44. The van der Waals surface area contributed by atoms with Gasteiger partial charge in [0.05, 0.1) is 10.7 Å². The Hall–Kier alpha value is -1.69. The van der Waals surface area contributed by atoms with E-state index < -0.39 is 5.97 Å². The van der Waals surface area contributed by atoms with Crippen molar-refractivity contribution in [1.29, 1.82) is 0 Å². The van der Waals surface area contributed by atoms with E-state index in [9.17, 15) is 4.79 Å². The third-order valence-corrected chi connectivity index (χ3v) is 4.00. The number of carboxylic acid groups (broad SMARTS) is 1. The van der Waals surface area contributed by atoms with Crippen LogP contribution in [0.3, 0.4) is 0 Å². The molecular weight excluding hydrogens is 238 g/mol. The van der Waals surface area contributed by atoms with Crippen LogP contribution in [0.1, 0.15) is 40.9 Å². The highest BCUT2D eigenvalue weighted by molar-refractivity contribution is 7.18. The lowest BCUT2D eigenvalue weighted by atomic mass is 9.91. The molecule has 0 amide bonds. The molecule has 1 aromatic rings. The van der Waals surface area contributed by atoms with Gasteiger partial charge >= 0.3 is 5.97 Å². The van der Waals surface area contributed by atoms with Gasteiger partial charge in [-0.3, -0.25) is 0 Å². The van der Waals surface area contributed by atoms with Gasteiger partial charge in [0.25, 0.3) is 0 Å². The van der Waals surface area contributed by atoms with Crippen molar-refractivity contribution in [3.63, 3.8) is 0 Å². The van der Waals surface area contributed by atoms with E-state index in [1.165, 1.54) is 0 Å². The fourth-order valence-corrected chi connectivity index (χ4v) is 3.00. The van der Waals surface area contributed by atoms with Crippen LogP contribution in [0.5, 0.6) is 0 Å². The first kappa shape index (κ1) is 11.8. The van der Waals surface area contributed by atoms with E-state index in [0.717, 1.165) is 48.3 Å². The van der Waals surface area contributed by atoms with Crippen molar-refractivity contribution in [3.05, 3.63) is 16.1 Å². The molecular formula is C11H15N3O2S. The molecule has 0 aliphatic heterocycles. The van der Waals surface area contributed by atoms with Gasteiger partial charge in [-0.25, -0.2) is 4.79 Å². The second-order valence-corrected chi connectivity index (χ2v) is 5.15. The Morgan fingerprint density at radius 2 is 1.82 bits per heavy atom. The van der Waals surface area contributed by atoms with E-state index in [2.05, 4.69) is 0 Å². The highest BCUT2D eigenvalue weighted by Crippen LogP contribution is 2.42. The Balaban J connectivity index is 2.56. The van der Waals surface area contributed by atoms with Crippen LogP contribution in [0.15, 0.2) is 5.70 Å². The molecule has 0 bridgehead atoms. The van der Waals surface area contributed by atoms with Crippen LogP contribution in [0, 0.1) is 0 Å². The SMILES string of the molecule is NC1=C(c2c(N)sc(C(=O)O)c2N)CCCC1. The molecule has 1 heterocycles. The lowest BCUT2D eigenvalue weighted by Gasteiger charge is -2.17. The number of nitrogens with two attached hydrogens (primary N) is 3. The number of rotatable bonds is 2. The van der Waals surface area contributed by atoms with Gasteiger partial charge in [-0.2, -0.15) is 0 Å². The molecule has 0 saturated heterocycles. The molecule has 1 aromatic heterocycles. The number of aromatic carboxylic acids is 1. The minimum Gasteiger partial charge on any atom is -0.477 e. The van der Waals surface area contributed by atoms with E-state index in [4.69, 9.17) is 22.3 Å². The van der Waals surface area contributed by atoms with E-state index in [0.29, 0.717) is 10.6 Å². The number of hydrogen-bond donors (Lipinski definition) is 4. The molecule has 17 heavy (non-hydrogen) atoms. The van der Waals surface area contributed by atoms with Gasteiger partial charge in [0, 0.05) is 11.3 Å². The Labute approximate surface area is 103 Å². The summed E-state index contributed by atoms with van der Waals surface area (Å²) in [6.07, 6.45) is 3.74. The quantitative estimate of drug-likeness (QED) is 0.642. The maximum atomic E-state index is 11.0. The van der Waals surface area contributed by atoms with Gasteiger partial charge in [-0.1, -0.05) is 0 Å². The zero-order valence-electron chi connectivity index (χ0n) is 9.32. The molecule has 0 unspecified atom stereocenters. The number of carboxylic acids is 1. The maximum Gasteiger partial charge on any atom is 0.348 e. The molecule has 1 aliphatic rings. The molecule has 1 aliphatic carbocycles. The van der Waals surface area contributed by atoms with Crippen molar-refractivity contribution in [1.82, 2.24) is 0 Å². The average Bonchev–Trinajstić information content (AvgIpc) is 2.56. The van der Waals surface area contributed by atoms with Crippen molar-refractivity contribution in [2.75, 3.05) is 11.5 Å². The molecule has 0 atom stereocenters. The zero-order valence-corrected chi connectivity index (χ0v) is 10.1. The Bertz CT molecular complexity index is 505. The minimum atomic E-state index is -1.04. The monoisotopic (exact) mass is 253 g/mol. The molecule has 5 nitrogen and oxygen atoms in total. The summed E-state index contributed by atoms with van der Waals surface area (Å²) in [6.45, 7) is 0. The molecule has 6 heteroatoms. The predicted octanol–water partition coefficient (Wildman–Crippen LogP) is 1.85. The van der Waals surface area contributed by atoms with E-state index in [-0.39, 0.29) is 10.6 Å². The molecule has 92 valence electrons. The van der Waals surface area contributed by atoms with Gasteiger partial charge < -0.3 is 22.3 Å². The lowest BCUT2D eigenvalue weighted by Crippen LogP contribution is -2.09. The third-order valence-electron chi connectivity index (χ3n) is 2.98. The van der Waals surface area contributed by atoms with Gasteiger partial charge in [-0.05, 0) is 31.3 Å². The first-order valence-electron chi connectivity index (χ1n) is 5.41. The highest BCUT2D eigenvalue weighted by atomic mass is 32.1. The number of hydrogen-bond acceptors (Lipinski definition) is 5. The topological polar surface area (TPSA) is 115 Å². The first-order valence-corrected chi connectivity index (χ1v) is 6.23. The number of allylic oxidation sites excluding steroid dienone is 2. The van der Waals surface area contributed by atoms with Crippen molar-refractivity contribution < 1.29 is 9.90 Å². The third kappa shape index (κ3) is 1.95. The molecule has 2 rings (SSSR count). The summed E-state index contributed by atoms with van der Waals surface area (Å²) >= 11 is 1.01. The van der Waals surface area contributed by atoms with Crippen LogP contribution in [-0.4, -0.2) is 11.1 Å². The summed E-state index contributed by atoms with van der Waals surface area (Å²) in [5.41, 5.74) is 20.3. The summed E-state index contributed by atoms with van der Waals surface area (Å²) in [6, 6.07) is 0. The normalized spacial score (nSPS) is 16.2. The summed E-state index contributed by atoms with van der Waals surface area (Å²) in [7, 11) is 0. The molecule has 0 fully saturated rings. The Morgan fingerprint density at radius 1 is 1.18 bits per heavy atom. The minimum absolute atomic E-state index is 0.100. The maximum absolute atomic E-state index is 11.0. The van der Waals surface area contributed by atoms with E-state index in [1.807, 2.05) is 0 Å². The summed E-state index contributed by atoms with van der Waals surface area (Å²) < 4.78 is 0. The molecule has 0 spiro atoms. The van der Waals surface area contributed by atoms with Gasteiger partial charge in [0.2, 0.25) is 0 Å². The molecule has 0 aromatic carbocycles. The number of carbonyl (C=O) groups is 1. The van der Waals surface area contributed by atoms with Crippen LogP contribution < -0.4 is 17.2 Å². The number of anilines is 2.